The summed E-state index contributed by atoms with van der Waals surface area (Å²) in [5, 5.41) is 0.0824. The highest BCUT2D eigenvalue weighted by Gasteiger charge is 2.16. The van der Waals surface area contributed by atoms with Gasteiger partial charge in [-0.05, 0) is 30.3 Å². The molecule has 1 aromatic heterocycles. The van der Waals surface area contributed by atoms with Gasteiger partial charge in [0.1, 0.15) is 12.2 Å². The molecule has 0 aliphatic heterocycles. The third kappa shape index (κ3) is 3.25. The maximum atomic E-state index is 11.9. The third-order valence-electron chi connectivity index (χ3n) is 2.47. The molecule has 0 atom stereocenters. The van der Waals surface area contributed by atoms with Crippen molar-refractivity contribution in [2.45, 2.75) is 11.3 Å². The molecule has 100 valence electrons. The van der Waals surface area contributed by atoms with Gasteiger partial charge < -0.3 is 0 Å². The second-order valence-corrected chi connectivity index (χ2v) is 5.86. The standard InChI is InChI=1S/C11H11ClN4O2S/c1-13-19(17,18)9-5-3-2-4-8(9)6-10-14-7-15-11(12)16-10/h2-5,7,13H,6H2,1H3. The van der Waals surface area contributed by atoms with E-state index in [1.54, 1.807) is 18.2 Å². The predicted octanol–water partition coefficient (Wildman–Crippen LogP) is 1.02. The Balaban J connectivity index is 2.42. The summed E-state index contributed by atoms with van der Waals surface area (Å²) >= 11 is 5.68. The molecule has 0 unspecified atom stereocenters. The quantitative estimate of drug-likeness (QED) is 0.911. The number of hydrogen-bond acceptors (Lipinski definition) is 5. The van der Waals surface area contributed by atoms with E-state index in [0.29, 0.717) is 11.4 Å². The van der Waals surface area contributed by atoms with E-state index in [4.69, 9.17) is 11.6 Å². The Morgan fingerprint density at radius 3 is 2.68 bits per heavy atom. The molecule has 1 aromatic carbocycles. The summed E-state index contributed by atoms with van der Waals surface area (Å²) in [4.78, 5) is 11.8. The molecule has 0 fully saturated rings. The third-order valence-corrected chi connectivity index (χ3v) is 4.17. The van der Waals surface area contributed by atoms with E-state index in [0.717, 1.165) is 0 Å². The van der Waals surface area contributed by atoms with Crippen LogP contribution in [0.2, 0.25) is 5.28 Å². The van der Waals surface area contributed by atoms with Crippen LogP contribution in [0, 0.1) is 0 Å². The lowest BCUT2D eigenvalue weighted by atomic mass is 10.1. The molecule has 0 aliphatic carbocycles. The number of halogens is 1. The summed E-state index contributed by atoms with van der Waals surface area (Å²) in [6.45, 7) is 0. The lowest BCUT2D eigenvalue weighted by Gasteiger charge is -2.08. The first-order valence-corrected chi connectivity index (χ1v) is 7.24. The fraction of sp³-hybridized carbons (Fsp3) is 0.182. The van der Waals surface area contributed by atoms with Crippen LogP contribution in [-0.4, -0.2) is 30.4 Å². The molecule has 0 spiro atoms. The van der Waals surface area contributed by atoms with Gasteiger partial charge in [0.15, 0.2) is 0 Å². The summed E-state index contributed by atoms with van der Waals surface area (Å²) in [7, 11) is -2.15. The van der Waals surface area contributed by atoms with Gasteiger partial charge in [-0.15, -0.1) is 0 Å². The van der Waals surface area contributed by atoms with Crippen molar-refractivity contribution in [2.75, 3.05) is 7.05 Å². The minimum Gasteiger partial charge on any atom is -0.221 e. The van der Waals surface area contributed by atoms with Crippen molar-refractivity contribution in [3.05, 3.63) is 47.3 Å². The maximum absolute atomic E-state index is 11.9. The largest absolute Gasteiger partial charge is 0.240 e. The summed E-state index contributed by atoms with van der Waals surface area (Å²) < 4.78 is 26.1. The first kappa shape index (κ1) is 13.9. The normalized spacial score (nSPS) is 11.5. The molecule has 8 heteroatoms. The van der Waals surface area contributed by atoms with E-state index in [2.05, 4.69) is 19.7 Å². The molecule has 2 rings (SSSR count). The van der Waals surface area contributed by atoms with Gasteiger partial charge in [-0.3, -0.25) is 0 Å². The van der Waals surface area contributed by atoms with E-state index in [-0.39, 0.29) is 16.6 Å². The Morgan fingerprint density at radius 1 is 1.26 bits per heavy atom. The highest BCUT2D eigenvalue weighted by Crippen LogP contribution is 2.17. The zero-order valence-corrected chi connectivity index (χ0v) is 11.6. The van der Waals surface area contributed by atoms with Crippen molar-refractivity contribution in [2.24, 2.45) is 0 Å². The van der Waals surface area contributed by atoms with Gasteiger partial charge in [0, 0.05) is 6.42 Å². The zero-order chi connectivity index (χ0) is 13.9. The van der Waals surface area contributed by atoms with Gasteiger partial charge in [0.2, 0.25) is 15.3 Å². The van der Waals surface area contributed by atoms with Crippen LogP contribution >= 0.6 is 11.6 Å². The van der Waals surface area contributed by atoms with Gasteiger partial charge in [0.05, 0.1) is 4.90 Å². The summed E-state index contributed by atoms with van der Waals surface area (Å²) in [6, 6.07) is 6.66. The minimum atomic E-state index is -3.51. The van der Waals surface area contributed by atoms with Crippen LogP contribution in [0.5, 0.6) is 0 Å². The molecule has 0 saturated carbocycles. The summed E-state index contributed by atoms with van der Waals surface area (Å²) in [6.07, 6.45) is 1.55. The van der Waals surface area contributed by atoms with Crippen LogP contribution in [-0.2, 0) is 16.4 Å². The second kappa shape index (κ2) is 5.60. The number of hydrogen-bond donors (Lipinski definition) is 1. The van der Waals surface area contributed by atoms with Crippen molar-refractivity contribution < 1.29 is 8.42 Å². The van der Waals surface area contributed by atoms with E-state index in [9.17, 15) is 8.42 Å². The Bertz CT molecular complexity index is 691. The van der Waals surface area contributed by atoms with Crippen LogP contribution in [0.3, 0.4) is 0 Å². The van der Waals surface area contributed by atoms with Crippen molar-refractivity contribution in [3.63, 3.8) is 0 Å². The molecule has 19 heavy (non-hydrogen) atoms. The molecular weight excluding hydrogens is 288 g/mol. The van der Waals surface area contributed by atoms with E-state index in [1.165, 1.54) is 19.4 Å². The van der Waals surface area contributed by atoms with E-state index in [1.807, 2.05) is 0 Å². The number of sulfonamides is 1. The number of nitrogens with one attached hydrogen (secondary N) is 1. The van der Waals surface area contributed by atoms with E-state index >= 15 is 0 Å². The van der Waals surface area contributed by atoms with Gasteiger partial charge in [-0.2, -0.15) is 0 Å². The number of nitrogens with zero attached hydrogens (tertiary/aromatic N) is 3. The van der Waals surface area contributed by atoms with Gasteiger partial charge in [-0.25, -0.2) is 28.1 Å². The lowest BCUT2D eigenvalue weighted by molar-refractivity contribution is 0.587. The van der Waals surface area contributed by atoms with Crippen molar-refractivity contribution in [1.82, 2.24) is 19.7 Å². The smallest absolute Gasteiger partial charge is 0.221 e. The van der Waals surface area contributed by atoms with Crippen LogP contribution in [0.25, 0.3) is 0 Å². The molecule has 0 amide bonds. The number of aromatic nitrogens is 3. The van der Waals surface area contributed by atoms with Crippen LogP contribution in [0.4, 0.5) is 0 Å². The minimum absolute atomic E-state index is 0.0824. The SMILES string of the molecule is CNS(=O)(=O)c1ccccc1Cc1ncnc(Cl)n1. The van der Waals surface area contributed by atoms with Crippen LogP contribution < -0.4 is 4.72 Å². The second-order valence-electron chi connectivity index (χ2n) is 3.66. The van der Waals surface area contributed by atoms with Gasteiger partial charge in [-0.1, -0.05) is 18.2 Å². The Labute approximate surface area is 115 Å². The first-order chi connectivity index (χ1) is 9.03. The molecular formula is C11H11ClN4O2S. The predicted molar refractivity (Wildman–Crippen MR) is 70.3 cm³/mol. The van der Waals surface area contributed by atoms with Crippen molar-refractivity contribution in [3.8, 4) is 0 Å². The molecule has 2 aromatic rings. The molecule has 6 nitrogen and oxygen atoms in total. The number of benzene rings is 1. The monoisotopic (exact) mass is 298 g/mol. The van der Waals surface area contributed by atoms with Crippen molar-refractivity contribution in [1.29, 1.82) is 0 Å². The van der Waals surface area contributed by atoms with Gasteiger partial charge >= 0.3 is 0 Å². The highest BCUT2D eigenvalue weighted by molar-refractivity contribution is 7.89. The lowest BCUT2D eigenvalue weighted by Crippen LogP contribution is -2.20. The summed E-state index contributed by atoms with van der Waals surface area (Å²) in [5.74, 6) is 0.416. The Kier molecular flexibility index (Phi) is 4.08. The molecule has 1 heterocycles. The van der Waals surface area contributed by atoms with Crippen molar-refractivity contribution >= 4 is 21.6 Å². The van der Waals surface area contributed by atoms with Crippen LogP contribution in [0.15, 0.2) is 35.5 Å². The average molecular weight is 299 g/mol. The molecule has 1 N–H and O–H groups in total. The van der Waals surface area contributed by atoms with Crippen LogP contribution in [0.1, 0.15) is 11.4 Å². The fourth-order valence-electron chi connectivity index (χ4n) is 1.58. The molecule has 0 bridgehead atoms. The number of rotatable bonds is 4. The average Bonchev–Trinajstić information content (AvgIpc) is 2.39. The Hall–Kier alpha value is -1.57. The fourth-order valence-corrected chi connectivity index (χ4v) is 2.69. The van der Waals surface area contributed by atoms with E-state index < -0.39 is 10.0 Å². The molecule has 0 saturated heterocycles. The highest BCUT2D eigenvalue weighted by atomic mass is 35.5. The maximum Gasteiger partial charge on any atom is 0.240 e. The zero-order valence-electron chi connectivity index (χ0n) is 10.0. The topological polar surface area (TPSA) is 84.8 Å². The first-order valence-electron chi connectivity index (χ1n) is 5.38. The summed E-state index contributed by atoms with van der Waals surface area (Å²) in [5.41, 5.74) is 0.596. The molecule has 0 aliphatic rings. The Morgan fingerprint density at radius 2 is 2.00 bits per heavy atom. The van der Waals surface area contributed by atoms with Gasteiger partial charge in [0.25, 0.3) is 0 Å². The molecule has 0 radical (unpaired) electrons.